The standard InChI is InChI=1S/C21H23Cl2N3O3.ClH/c1-29-21(28)18-10-17(20-15(23)8-14(22)9-16(20)25-18)26-19(27)7-6-12-2-4-13(11-24)5-3-12;/h2-5,8-9,17-18,25H,6-7,10-11,24H2,1H3,(H,26,27);1H/t17-,18+;/m1./s1. The van der Waals surface area contributed by atoms with Crippen LogP contribution in [0.5, 0.6) is 0 Å². The van der Waals surface area contributed by atoms with E-state index < -0.39 is 18.1 Å². The molecule has 2 aromatic carbocycles. The fourth-order valence-corrected chi connectivity index (χ4v) is 4.08. The number of nitrogens with two attached hydrogens (primary N) is 1. The fraction of sp³-hybridized carbons (Fsp3) is 0.333. The molecule has 1 heterocycles. The highest BCUT2D eigenvalue weighted by Crippen LogP contribution is 2.40. The van der Waals surface area contributed by atoms with Crippen LogP contribution in [0.3, 0.4) is 0 Å². The van der Waals surface area contributed by atoms with Crippen LogP contribution in [0.15, 0.2) is 36.4 Å². The van der Waals surface area contributed by atoms with Gasteiger partial charge in [-0.05, 0) is 29.7 Å². The molecule has 0 aromatic heterocycles. The van der Waals surface area contributed by atoms with Crippen molar-refractivity contribution >= 4 is 53.2 Å². The van der Waals surface area contributed by atoms with E-state index in [-0.39, 0.29) is 18.3 Å². The number of esters is 1. The summed E-state index contributed by atoms with van der Waals surface area (Å²) in [5.74, 6) is -0.536. The molecule has 2 atom stereocenters. The Morgan fingerprint density at radius 2 is 1.87 bits per heavy atom. The quantitative estimate of drug-likeness (QED) is 0.552. The van der Waals surface area contributed by atoms with Crippen LogP contribution < -0.4 is 16.4 Å². The normalized spacial score (nSPS) is 17.2. The molecular weight excluding hydrogens is 449 g/mol. The van der Waals surface area contributed by atoms with Crippen molar-refractivity contribution in [2.45, 2.75) is 37.9 Å². The summed E-state index contributed by atoms with van der Waals surface area (Å²) < 4.78 is 4.85. The van der Waals surface area contributed by atoms with E-state index in [1.54, 1.807) is 12.1 Å². The van der Waals surface area contributed by atoms with Gasteiger partial charge in [0.05, 0.1) is 13.2 Å². The molecule has 3 rings (SSSR count). The summed E-state index contributed by atoms with van der Waals surface area (Å²) in [7, 11) is 1.33. The minimum Gasteiger partial charge on any atom is -0.467 e. The fourth-order valence-electron chi connectivity index (χ4n) is 3.45. The highest BCUT2D eigenvalue weighted by atomic mass is 35.5. The summed E-state index contributed by atoms with van der Waals surface area (Å²) >= 11 is 12.5. The lowest BCUT2D eigenvalue weighted by Gasteiger charge is -2.33. The number of benzene rings is 2. The van der Waals surface area contributed by atoms with Crippen LogP contribution in [-0.2, 0) is 27.3 Å². The van der Waals surface area contributed by atoms with Gasteiger partial charge in [0.25, 0.3) is 0 Å². The second kappa shape index (κ2) is 10.9. The van der Waals surface area contributed by atoms with Gasteiger partial charge in [-0.25, -0.2) is 4.79 Å². The molecule has 4 N–H and O–H groups in total. The first-order valence-corrected chi connectivity index (χ1v) is 10.1. The predicted octanol–water partition coefficient (Wildman–Crippen LogP) is 4.02. The van der Waals surface area contributed by atoms with E-state index in [0.717, 1.165) is 16.7 Å². The molecular formula is C21H24Cl3N3O3. The molecule has 2 aromatic rings. The maximum atomic E-state index is 12.6. The second-order valence-corrected chi connectivity index (χ2v) is 7.79. The Hall–Kier alpha value is -1.99. The lowest BCUT2D eigenvalue weighted by molar-refractivity contribution is -0.142. The van der Waals surface area contributed by atoms with Gasteiger partial charge in [-0.1, -0.05) is 47.5 Å². The molecule has 1 aliphatic rings. The molecule has 0 radical (unpaired) electrons. The Morgan fingerprint density at radius 3 is 2.50 bits per heavy atom. The number of amides is 1. The van der Waals surface area contributed by atoms with Crippen LogP contribution in [0.1, 0.15) is 35.6 Å². The van der Waals surface area contributed by atoms with Crippen molar-refractivity contribution in [3.63, 3.8) is 0 Å². The van der Waals surface area contributed by atoms with E-state index in [2.05, 4.69) is 10.6 Å². The highest BCUT2D eigenvalue weighted by Gasteiger charge is 2.34. The van der Waals surface area contributed by atoms with Crippen LogP contribution in [0.2, 0.25) is 10.0 Å². The zero-order chi connectivity index (χ0) is 21.0. The molecule has 0 spiro atoms. The monoisotopic (exact) mass is 471 g/mol. The minimum atomic E-state index is -0.601. The predicted molar refractivity (Wildman–Crippen MR) is 121 cm³/mol. The van der Waals surface area contributed by atoms with E-state index >= 15 is 0 Å². The molecule has 0 aliphatic carbocycles. The van der Waals surface area contributed by atoms with Crippen molar-refractivity contribution in [2.75, 3.05) is 12.4 Å². The third kappa shape index (κ3) is 5.79. The van der Waals surface area contributed by atoms with Gasteiger partial charge in [0.15, 0.2) is 0 Å². The number of carbonyl (C=O) groups is 2. The van der Waals surface area contributed by atoms with Gasteiger partial charge >= 0.3 is 5.97 Å². The van der Waals surface area contributed by atoms with Crippen molar-refractivity contribution < 1.29 is 14.3 Å². The third-order valence-corrected chi connectivity index (χ3v) is 5.50. The molecule has 0 saturated heterocycles. The summed E-state index contributed by atoms with van der Waals surface area (Å²) in [6.45, 7) is 0.488. The molecule has 1 amide bonds. The van der Waals surface area contributed by atoms with Gasteiger partial charge in [-0.3, -0.25) is 4.79 Å². The van der Waals surface area contributed by atoms with Crippen LogP contribution in [0.25, 0.3) is 0 Å². The molecule has 162 valence electrons. The van der Waals surface area contributed by atoms with Gasteiger partial charge in [-0.15, -0.1) is 12.4 Å². The molecule has 9 heteroatoms. The number of methoxy groups -OCH3 is 1. The molecule has 0 unspecified atom stereocenters. The first-order chi connectivity index (χ1) is 13.9. The van der Waals surface area contributed by atoms with Gasteiger partial charge in [0, 0.05) is 40.7 Å². The molecule has 0 saturated carbocycles. The maximum absolute atomic E-state index is 12.6. The number of anilines is 1. The first-order valence-electron chi connectivity index (χ1n) is 9.31. The summed E-state index contributed by atoms with van der Waals surface area (Å²) in [5.41, 5.74) is 9.05. The molecule has 6 nitrogen and oxygen atoms in total. The zero-order valence-corrected chi connectivity index (χ0v) is 18.7. The number of halogens is 3. The average molecular weight is 473 g/mol. The second-order valence-electron chi connectivity index (χ2n) is 6.95. The van der Waals surface area contributed by atoms with Gasteiger partial charge in [-0.2, -0.15) is 0 Å². The van der Waals surface area contributed by atoms with Crippen LogP contribution >= 0.6 is 35.6 Å². The molecule has 0 bridgehead atoms. The number of aryl methyl sites for hydroxylation is 1. The summed E-state index contributed by atoms with van der Waals surface area (Å²) in [4.78, 5) is 24.7. The largest absolute Gasteiger partial charge is 0.467 e. The Balaban J connectivity index is 0.00000320. The van der Waals surface area contributed by atoms with E-state index in [1.807, 2.05) is 24.3 Å². The van der Waals surface area contributed by atoms with Crippen molar-refractivity contribution in [1.29, 1.82) is 0 Å². The topological polar surface area (TPSA) is 93.5 Å². The Morgan fingerprint density at radius 1 is 1.20 bits per heavy atom. The number of fused-ring (bicyclic) bond motifs is 1. The average Bonchev–Trinajstić information content (AvgIpc) is 2.71. The number of carbonyl (C=O) groups excluding carboxylic acids is 2. The third-order valence-electron chi connectivity index (χ3n) is 4.96. The van der Waals surface area contributed by atoms with Crippen molar-refractivity contribution in [3.05, 3.63) is 63.1 Å². The highest BCUT2D eigenvalue weighted by molar-refractivity contribution is 6.35. The van der Waals surface area contributed by atoms with Crippen molar-refractivity contribution in [1.82, 2.24) is 5.32 Å². The zero-order valence-electron chi connectivity index (χ0n) is 16.4. The number of hydrogen-bond acceptors (Lipinski definition) is 5. The SMILES string of the molecule is COC(=O)[C@@H]1C[C@@H](NC(=O)CCc2ccc(CN)cc2)c2c(Cl)cc(Cl)cc2N1.Cl. The summed E-state index contributed by atoms with van der Waals surface area (Å²) in [5, 5.41) is 6.98. The number of ether oxygens (including phenoxy) is 1. The first kappa shape index (κ1) is 24.3. The van der Waals surface area contributed by atoms with E-state index in [0.29, 0.717) is 41.5 Å². The molecule has 30 heavy (non-hydrogen) atoms. The molecule has 0 fully saturated rings. The Kier molecular flexibility index (Phi) is 8.79. The van der Waals surface area contributed by atoms with Crippen molar-refractivity contribution in [2.24, 2.45) is 5.73 Å². The van der Waals surface area contributed by atoms with Crippen molar-refractivity contribution in [3.8, 4) is 0 Å². The smallest absolute Gasteiger partial charge is 0.328 e. The van der Waals surface area contributed by atoms with Crippen LogP contribution in [0, 0.1) is 0 Å². The lowest BCUT2D eigenvalue weighted by atomic mass is 9.92. The molecule has 1 aliphatic heterocycles. The van der Waals surface area contributed by atoms with E-state index in [9.17, 15) is 9.59 Å². The lowest BCUT2D eigenvalue weighted by Crippen LogP contribution is -2.41. The maximum Gasteiger partial charge on any atom is 0.328 e. The van der Waals surface area contributed by atoms with Gasteiger partial charge < -0.3 is 21.1 Å². The number of hydrogen-bond donors (Lipinski definition) is 3. The van der Waals surface area contributed by atoms with E-state index in [1.165, 1.54) is 7.11 Å². The van der Waals surface area contributed by atoms with Gasteiger partial charge in [0.2, 0.25) is 5.91 Å². The van der Waals surface area contributed by atoms with Crippen LogP contribution in [-0.4, -0.2) is 25.0 Å². The Labute approximate surface area is 191 Å². The van der Waals surface area contributed by atoms with Crippen LogP contribution in [0.4, 0.5) is 5.69 Å². The minimum absolute atomic E-state index is 0. The van der Waals surface area contributed by atoms with Gasteiger partial charge in [0.1, 0.15) is 6.04 Å². The number of rotatable bonds is 6. The number of nitrogens with one attached hydrogen (secondary N) is 2. The Bertz CT molecular complexity index is 906. The summed E-state index contributed by atoms with van der Waals surface area (Å²) in [6.07, 6.45) is 1.25. The van der Waals surface area contributed by atoms with E-state index in [4.69, 9.17) is 33.7 Å². The summed E-state index contributed by atoms with van der Waals surface area (Å²) in [6, 6.07) is 10.2.